The third-order valence-corrected chi connectivity index (χ3v) is 6.71. The third-order valence-electron chi connectivity index (χ3n) is 6.71. The van der Waals surface area contributed by atoms with E-state index in [0.29, 0.717) is 54.1 Å². The van der Waals surface area contributed by atoms with Crippen LogP contribution in [0.3, 0.4) is 0 Å². The molecule has 4 heterocycles. The second-order valence-electron chi connectivity index (χ2n) is 9.63. The lowest BCUT2D eigenvalue weighted by atomic mass is 10.1. The molecule has 0 fully saturated rings. The molecule has 12 heteroatoms. The van der Waals surface area contributed by atoms with Crippen LogP contribution in [0.2, 0.25) is 0 Å². The van der Waals surface area contributed by atoms with Gasteiger partial charge in [0.15, 0.2) is 5.65 Å². The van der Waals surface area contributed by atoms with Gasteiger partial charge in [0.1, 0.15) is 5.52 Å². The number of hydrogen-bond acceptors (Lipinski definition) is 7. The van der Waals surface area contributed by atoms with E-state index in [1.807, 2.05) is 41.9 Å². The summed E-state index contributed by atoms with van der Waals surface area (Å²) in [5.74, 6) is -0.503. The molecule has 12 nitrogen and oxygen atoms in total. The van der Waals surface area contributed by atoms with Gasteiger partial charge in [-0.3, -0.25) is 19.0 Å². The van der Waals surface area contributed by atoms with Crippen LogP contribution in [-0.2, 0) is 32.0 Å². The summed E-state index contributed by atoms with van der Waals surface area (Å²) < 4.78 is 11.1. The number of aromatic hydroxyl groups is 1. The predicted octanol–water partition coefficient (Wildman–Crippen LogP) is 2.61. The van der Waals surface area contributed by atoms with Crippen LogP contribution >= 0.6 is 0 Å². The molecular formula is C28H32N8O4. The molecule has 3 N–H and O–H groups in total. The van der Waals surface area contributed by atoms with Gasteiger partial charge in [-0.15, -0.1) is 0 Å². The number of aliphatic hydroxyl groups excluding tert-OH is 1. The van der Waals surface area contributed by atoms with Gasteiger partial charge in [-0.25, -0.2) is 4.68 Å². The van der Waals surface area contributed by atoms with Crippen molar-refractivity contribution >= 4 is 17.1 Å². The zero-order chi connectivity index (χ0) is 28.2. The molecule has 0 radical (unpaired) electrons. The molecule has 40 heavy (non-hydrogen) atoms. The highest BCUT2D eigenvalue weighted by Gasteiger charge is 2.17. The first-order chi connectivity index (χ1) is 19.3. The topological polar surface area (TPSA) is 148 Å². The van der Waals surface area contributed by atoms with Gasteiger partial charge in [0.25, 0.3) is 5.91 Å². The smallest absolute Gasteiger partial charge is 0.280 e. The Morgan fingerprint density at radius 1 is 1.10 bits per heavy atom. The number of aryl methyl sites for hydroxylation is 4. The Kier molecular flexibility index (Phi) is 7.89. The Hall–Kier alpha value is -4.55. The van der Waals surface area contributed by atoms with Gasteiger partial charge in [0.2, 0.25) is 11.5 Å². The number of aromatic amines is 1. The van der Waals surface area contributed by atoms with Crippen LogP contribution in [-0.4, -0.2) is 62.9 Å². The highest BCUT2D eigenvalue weighted by Crippen LogP contribution is 2.27. The van der Waals surface area contributed by atoms with Crippen LogP contribution in [0.25, 0.3) is 22.4 Å². The molecule has 1 atom stereocenters. The maximum absolute atomic E-state index is 13.4. The molecule has 5 aromatic rings. The van der Waals surface area contributed by atoms with Crippen molar-refractivity contribution in [2.75, 3.05) is 6.61 Å². The summed E-state index contributed by atoms with van der Waals surface area (Å²) in [4.78, 5) is 25.5. The molecule has 1 amide bonds. The van der Waals surface area contributed by atoms with Crippen molar-refractivity contribution in [2.24, 2.45) is 19.1 Å². The zero-order valence-corrected chi connectivity index (χ0v) is 22.7. The Morgan fingerprint density at radius 2 is 1.88 bits per heavy atom. The fourth-order valence-electron chi connectivity index (χ4n) is 4.65. The average molecular weight is 545 g/mol. The van der Waals surface area contributed by atoms with Gasteiger partial charge in [-0.1, -0.05) is 30.3 Å². The number of aromatic nitrogens is 7. The molecule has 1 aromatic carbocycles. The van der Waals surface area contributed by atoms with Crippen molar-refractivity contribution in [2.45, 2.75) is 39.0 Å². The van der Waals surface area contributed by atoms with Crippen LogP contribution in [0.5, 0.6) is 5.88 Å². The van der Waals surface area contributed by atoms with E-state index in [-0.39, 0.29) is 18.6 Å². The number of carbonyl (C=O) groups is 1. The van der Waals surface area contributed by atoms with Gasteiger partial charge in [-0.2, -0.15) is 15.2 Å². The van der Waals surface area contributed by atoms with Crippen LogP contribution in [0.4, 0.5) is 0 Å². The van der Waals surface area contributed by atoms with E-state index < -0.39 is 5.91 Å². The fraction of sp³-hybridized carbons (Fsp3) is 0.321. The predicted molar refractivity (Wildman–Crippen MR) is 147 cm³/mol. The minimum Gasteiger partial charge on any atom is -0.493 e. The number of benzene rings is 1. The molecule has 5 rings (SSSR count). The number of nitrogens with one attached hydrogen (secondary N) is 1. The van der Waals surface area contributed by atoms with Gasteiger partial charge >= 0.3 is 0 Å². The minimum atomic E-state index is -0.462. The molecule has 0 aliphatic heterocycles. The van der Waals surface area contributed by atoms with Crippen LogP contribution in [0.1, 0.15) is 34.5 Å². The molecule has 0 aliphatic carbocycles. The second-order valence-corrected chi connectivity index (χ2v) is 9.63. The summed E-state index contributed by atoms with van der Waals surface area (Å²) in [6.45, 7) is 2.70. The SMILES string of the molecule is Cc1cc(C(=O)/N=c2\[nH]c3cnn(C)c3n2CCC(CCO)OCc2ccccc2)cc(-c2cnn(C)c2O)n1. The minimum absolute atomic E-state index is 0.00428. The number of aliphatic hydroxyl groups is 1. The average Bonchev–Trinajstić information content (AvgIpc) is 3.59. The van der Waals surface area contributed by atoms with Crippen molar-refractivity contribution in [3.8, 4) is 17.1 Å². The maximum Gasteiger partial charge on any atom is 0.280 e. The lowest BCUT2D eigenvalue weighted by Gasteiger charge is -2.18. The first-order valence-corrected chi connectivity index (χ1v) is 13.0. The van der Waals surface area contributed by atoms with E-state index in [1.54, 1.807) is 37.0 Å². The number of pyridine rings is 1. The summed E-state index contributed by atoms with van der Waals surface area (Å²) in [6, 6.07) is 13.1. The Balaban J connectivity index is 1.43. The van der Waals surface area contributed by atoms with Crippen molar-refractivity contribution in [1.29, 1.82) is 0 Å². The standard InChI is InChI=1S/C28H32N8O4/c1-18-13-20(14-23(31-18)22-15-29-35(3)27(22)39)25(38)33-28-32-24-16-30-34(2)26(24)36(28)11-9-21(10-12-37)40-17-19-7-5-4-6-8-19/h4-8,13-16,21,37,39H,9-12,17H2,1-3H3,(H,32,33,38). The van der Waals surface area contributed by atoms with Crippen LogP contribution in [0, 0.1) is 6.92 Å². The quantitative estimate of drug-likeness (QED) is 0.245. The van der Waals surface area contributed by atoms with Crippen LogP contribution < -0.4 is 5.62 Å². The van der Waals surface area contributed by atoms with E-state index in [9.17, 15) is 15.0 Å². The molecule has 208 valence electrons. The third kappa shape index (κ3) is 5.72. The molecule has 0 bridgehead atoms. The normalized spacial score (nSPS) is 12.8. The van der Waals surface area contributed by atoms with E-state index >= 15 is 0 Å². The lowest BCUT2D eigenvalue weighted by molar-refractivity contribution is 0.0164. The number of nitrogens with zero attached hydrogens (tertiary/aromatic N) is 7. The highest BCUT2D eigenvalue weighted by molar-refractivity contribution is 5.96. The van der Waals surface area contributed by atoms with E-state index in [0.717, 1.165) is 16.7 Å². The summed E-state index contributed by atoms with van der Waals surface area (Å²) >= 11 is 0. The van der Waals surface area contributed by atoms with E-state index in [4.69, 9.17) is 4.74 Å². The maximum atomic E-state index is 13.4. The van der Waals surface area contributed by atoms with Crippen molar-refractivity contribution in [1.82, 2.24) is 34.1 Å². The number of ether oxygens (including phenoxy) is 1. The largest absolute Gasteiger partial charge is 0.493 e. The highest BCUT2D eigenvalue weighted by atomic mass is 16.5. The number of rotatable bonds is 10. The number of hydrogen-bond donors (Lipinski definition) is 3. The van der Waals surface area contributed by atoms with Crippen molar-refractivity contribution < 1.29 is 19.7 Å². The first kappa shape index (κ1) is 27.0. The molecule has 0 aliphatic rings. The Labute approximate surface area is 230 Å². The summed E-state index contributed by atoms with van der Waals surface area (Å²) in [5, 5.41) is 28.3. The fourth-order valence-corrected chi connectivity index (χ4v) is 4.65. The second kappa shape index (κ2) is 11.7. The molecular weight excluding hydrogens is 512 g/mol. The molecule has 1 unspecified atom stereocenters. The molecule has 0 spiro atoms. The molecule has 0 saturated heterocycles. The van der Waals surface area contributed by atoms with Gasteiger partial charge < -0.3 is 19.9 Å². The molecule has 0 saturated carbocycles. The summed E-state index contributed by atoms with van der Waals surface area (Å²) in [7, 11) is 3.45. The molecule has 4 aromatic heterocycles. The number of imidazole rings is 1. The Bertz CT molecular complexity index is 1700. The summed E-state index contributed by atoms with van der Waals surface area (Å²) in [5.41, 5.74) is 4.75. The van der Waals surface area contributed by atoms with Crippen molar-refractivity contribution in [3.05, 3.63) is 77.3 Å². The van der Waals surface area contributed by atoms with E-state index in [2.05, 4.69) is 25.2 Å². The van der Waals surface area contributed by atoms with Gasteiger partial charge in [-0.05, 0) is 37.5 Å². The number of fused-ring (bicyclic) bond motifs is 1. The van der Waals surface area contributed by atoms with Gasteiger partial charge in [0.05, 0.1) is 36.4 Å². The first-order valence-electron chi connectivity index (χ1n) is 13.0. The Morgan fingerprint density at radius 3 is 2.60 bits per heavy atom. The number of carbonyl (C=O) groups excluding carboxylic acids is 1. The summed E-state index contributed by atoms with van der Waals surface area (Å²) in [6.07, 6.45) is 4.07. The monoisotopic (exact) mass is 544 g/mol. The van der Waals surface area contributed by atoms with E-state index in [1.165, 1.54) is 10.9 Å². The number of amides is 1. The van der Waals surface area contributed by atoms with Gasteiger partial charge in [0, 0.05) is 38.5 Å². The number of H-pyrrole nitrogens is 1. The van der Waals surface area contributed by atoms with Crippen molar-refractivity contribution in [3.63, 3.8) is 0 Å². The van der Waals surface area contributed by atoms with Crippen LogP contribution in [0.15, 0.2) is 59.9 Å². The lowest BCUT2D eigenvalue weighted by Crippen LogP contribution is -2.25. The zero-order valence-electron chi connectivity index (χ0n) is 22.7.